The minimum absolute atomic E-state index is 0.0644. The van der Waals surface area contributed by atoms with Gasteiger partial charge in [0, 0.05) is 0 Å². The van der Waals surface area contributed by atoms with Gasteiger partial charge in [0.1, 0.15) is 6.61 Å². The largest absolute Gasteiger partial charge is 0.387 e. The lowest BCUT2D eigenvalue weighted by molar-refractivity contribution is -0.125. The summed E-state index contributed by atoms with van der Waals surface area (Å²) in [7, 11) is 0. The first-order valence-corrected chi connectivity index (χ1v) is 5.76. The molecule has 3 nitrogen and oxygen atoms in total. The Morgan fingerprint density at radius 1 is 1.38 bits per heavy atom. The van der Waals surface area contributed by atoms with Crippen LogP contribution in [0.15, 0.2) is 30.3 Å². The second-order valence-electron chi connectivity index (χ2n) is 4.30. The van der Waals surface area contributed by atoms with Gasteiger partial charge in [-0.05, 0) is 24.3 Å². The molecule has 1 aromatic carbocycles. The molecular weight excluding hydrogens is 202 g/mol. The van der Waals surface area contributed by atoms with E-state index in [1.807, 2.05) is 30.3 Å². The van der Waals surface area contributed by atoms with Crippen molar-refractivity contribution in [1.29, 1.82) is 0 Å². The predicted molar refractivity (Wildman–Crippen MR) is 61.8 cm³/mol. The second-order valence-corrected chi connectivity index (χ2v) is 4.30. The number of aliphatic hydroxyl groups is 1. The lowest BCUT2D eigenvalue weighted by Crippen LogP contribution is -2.37. The minimum Gasteiger partial charge on any atom is -0.387 e. The molecule has 1 aliphatic rings. The molecule has 1 atom stereocenters. The third kappa shape index (κ3) is 2.42. The highest BCUT2D eigenvalue weighted by atomic mass is 16.3. The summed E-state index contributed by atoms with van der Waals surface area (Å²) in [6.45, 7) is -0.434. The Morgan fingerprint density at radius 2 is 2.06 bits per heavy atom. The van der Waals surface area contributed by atoms with Crippen LogP contribution < -0.4 is 5.32 Å². The summed E-state index contributed by atoms with van der Waals surface area (Å²) in [5, 5.41) is 11.7. The number of aliphatic hydroxyl groups excluding tert-OH is 1. The molecule has 0 bridgehead atoms. The first-order chi connectivity index (χ1) is 7.81. The Morgan fingerprint density at radius 3 is 2.56 bits per heavy atom. The number of hydrogen-bond donors (Lipinski definition) is 2. The van der Waals surface area contributed by atoms with Crippen LogP contribution in [0.4, 0.5) is 0 Å². The predicted octanol–water partition coefficient (Wildman–Crippen LogP) is 1.64. The topological polar surface area (TPSA) is 49.3 Å². The zero-order valence-corrected chi connectivity index (χ0v) is 9.23. The number of hydrogen-bond acceptors (Lipinski definition) is 2. The van der Waals surface area contributed by atoms with Crippen LogP contribution in [0.25, 0.3) is 0 Å². The third-order valence-corrected chi connectivity index (χ3v) is 3.24. The molecule has 1 amide bonds. The molecule has 3 heteroatoms. The Balaban J connectivity index is 2.11. The standard InChI is InChI=1S/C13H17NO2/c15-9-12(16)14-13(11-7-4-8-11)10-5-2-1-3-6-10/h1-3,5-6,11,13,15H,4,7-9H2,(H,14,16). The van der Waals surface area contributed by atoms with Gasteiger partial charge in [-0.15, -0.1) is 0 Å². The average molecular weight is 219 g/mol. The molecule has 1 aliphatic carbocycles. The lowest BCUT2D eigenvalue weighted by atomic mass is 9.77. The summed E-state index contributed by atoms with van der Waals surface area (Å²) >= 11 is 0. The van der Waals surface area contributed by atoms with Gasteiger partial charge in [-0.25, -0.2) is 0 Å². The van der Waals surface area contributed by atoms with Gasteiger partial charge >= 0.3 is 0 Å². The number of nitrogens with one attached hydrogen (secondary N) is 1. The molecule has 16 heavy (non-hydrogen) atoms. The molecular formula is C13H17NO2. The molecule has 2 N–H and O–H groups in total. The van der Waals surface area contributed by atoms with Crippen LogP contribution in [0.1, 0.15) is 30.9 Å². The fourth-order valence-electron chi connectivity index (χ4n) is 2.13. The van der Waals surface area contributed by atoms with E-state index in [1.165, 1.54) is 6.42 Å². The molecule has 2 rings (SSSR count). The molecule has 86 valence electrons. The van der Waals surface area contributed by atoms with Crippen molar-refractivity contribution >= 4 is 5.91 Å². The van der Waals surface area contributed by atoms with Gasteiger partial charge in [0.15, 0.2) is 0 Å². The lowest BCUT2D eigenvalue weighted by Gasteiger charge is -2.34. The van der Waals surface area contributed by atoms with E-state index in [2.05, 4.69) is 5.32 Å². The van der Waals surface area contributed by atoms with E-state index in [-0.39, 0.29) is 11.9 Å². The van der Waals surface area contributed by atoms with Gasteiger partial charge in [-0.1, -0.05) is 36.8 Å². The van der Waals surface area contributed by atoms with Gasteiger partial charge in [-0.3, -0.25) is 4.79 Å². The first-order valence-electron chi connectivity index (χ1n) is 5.76. The van der Waals surface area contributed by atoms with Crippen molar-refractivity contribution in [2.75, 3.05) is 6.61 Å². The van der Waals surface area contributed by atoms with Gasteiger partial charge in [-0.2, -0.15) is 0 Å². The summed E-state index contributed by atoms with van der Waals surface area (Å²) < 4.78 is 0. The van der Waals surface area contributed by atoms with E-state index < -0.39 is 6.61 Å². The van der Waals surface area contributed by atoms with E-state index >= 15 is 0 Å². The maximum absolute atomic E-state index is 11.3. The van der Waals surface area contributed by atoms with Crippen LogP contribution in [-0.4, -0.2) is 17.6 Å². The Hall–Kier alpha value is -1.35. The smallest absolute Gasteiger partial charge is 0.246 e. The molecule has 1 fully saturated rings. The van der Waals surface area contributed by atoms with Crippen LogP contribution in [0.5, 0.6) is 0 Å². The zero-order chi connectivity index (χ0) is 11.4. The van der Waals surface area contributed by atoms with Crippen molar-refractivity contribution in [2.24, 2.45) is 5.92 Å². The van der Waals surface area contributed by atoms with Gasteiger partial charge in [0.25, 0.3) is 0 Å². The maximum Gasteiger partial charge on any atom is 0.246 e. The van der Waals surface area contributed by atoms with Crippen molar-refractivity contribution in [1.82, 2.24) is 5.32 Å². The number of carbonyl (C=O) groups excluding carboxylic acids is 1. The average Bonchev–Trinajstić information content (AvgIpc) is 2.27. The first kappa shape index (κ1) is 11.1. The van der Waals surface area contributed by atoms with Crippen LogP contribution in [0, 0.1) is 5.92 Å². The number of benzene rings is 1. The van der Waals surface area contributed by atoms with E-state index in [0.29, 0.717) is 5.92 Å². The Labute approximate surface area is 95.5 Å². The summed E-state index contributed by atoms with van der Waals surface area (Å²) in [5.74, 6) is 0.235. The quantitative estimate of drug-likeness (QED) is 0.808. The minimum atomic E-state index is -0.434. The van der Waals surface area contributed by atoms with Crippen molar-refractivity contribution in [2.45, 2.75) is 25.3 Å². The van der Waals surface area contributed by atoms with E-state index in [9.17, 15) is 4.79 Å². The Bertz CT molecular complexity index is 346. The molecule has 1 aromatic rings. The van der Waals surface area contributed by atoms with Crippen LogP contribution >= 0.6 is 0 Å². The highest BCUT2D eigenvalue weighted by Gasteiger charge is 2.29. The number of rotatable bonds is 4. The Kier molecular flexibility index (Phi) is 3.57. The van der Waals surface area contributed by atoms with E-state index in [1.54, 1.807) is 0 Å². The molecule has 1 unspecified atom stereocenters. The highest BCUT2D eigenvalue weighted by molar-refractivity contribution is 5.77. The van der Waals surface area contributed by atoms with Crippen LogP contribution in [0.2, 0.25) is 0 Å². The number of carbonyl (C=O) groups is 1. The molecule has 1 saturated carbocycles. The van der Waals surface area contributed by atoms with Crippen LogP contribution in [0.3, 0.4) is 0 Å². The van der Waals surface area contributed by atoms with Crippen molar-refractivity contribution < 1.29 is 9.90 Å². The summed E-state index contributed by atoms with van der Waals surface area (Å²) in [6, 6.07) is 10.0. The molecule has 0 aliphatic heterocycles. The molecule has 0 saturated heterocycles. The van der Waals surface area contributed by atoms with Gasteiger partial charge < -0.3 is 10.4 Å². The monoisotopic (exact) mass is 219 g/mol. The summed E-state index contributed by atoms with van der Waals surface area (Å²) in [5.41, 5.74) is 1.13. The highest BCUT2D eigenvalue weighted by Crippen LogP contribution is 2.37. The van der Waals surface area contributed by atoms with Crippen molar-refractivity contribution in [3.8, 4) is 0 Å². The maximum atomic E-state index is 11.3. The molecule has 0 radical (unpaired) electrons. The van der Waals surface area contributed by atoms with Crippen LogP contribution in [-0.2, 0) is 4.79 Å². The fraction of sp³-hybridized carbons (Fsp3) is 0.462. The van der Waals surface area contributed by atoms with E-state index in [4.69, 9.17) is 5.11 Å². The van der Waals surface area contributed by atoms with Crippen molar-refractivity contribution in [3.05, 3.63) is 35.9 Å². The molecule has 0 spiro atoms. The zero-order valence-electron chi connectivity index (χ0n) is 9.23. The fourth-order valence-corrected chi connectivity index (χ4v) is 2.13. The summed E-state index contributed by atoms with van der Waals surface area (Å²) in [6.07, 6.45) is 3.56. The second kappa shape index (κ2) is 5.12. The molecule has 0 aromatic heterocycles. The van der Waals surface area contributed by atoms with E-state index in [0.717, 1.165) is 18.4 Å². The van der Waals surface area contributed by atoms with Gasteiger partial charge in [0.2, 0.25) is 5.91 Å². The molecule has 0 heterocycles. The SMILES string of the molecule is O=C(CO)NC(c1ccccc1)C1CCC1. The third-order valence-electron chi connectivity index (χ3n) is 3.24. The normalized spacial score (nSPS) is 17.6. The summed E-state index contributed by atoms with van der Waals surface area (Å²) in [4.78, 5) is 11.3. The van der Waals surface area contributed by atoms with Gasteiger partial charge in [0.05, 0.1) is 6.04 Å². The number of amides is 1. The van der Waals surface area contributed by atoms with Crippen molar-refractivity contribution in [3.63, 3.8) is 0 Å².